The largest absolute Gasteiger partial charge is 0.352 e. The van der Waals surface area contributed by atoms with Gasteiger partial charge in [0.25, 0.3) is 5.91 Å². The van der Waals surface area contributed by atoms with Crippen molar-refractivity contribution in [1.82, 2.24) is 25.7 Å². The highest BCUT2D eigenvalue weighted by molar-refractivity contribution is 5.93. The van der Waals surface area contributed by atoms with Crippen LogP contribution in [0.3, 0.4) is 0 Å². The minimum atomic E-state index is -0.118. The van der Waals surface area contributed by atoms with Gasteiger partial charge >= 0.3 is 0 Å². The van der Waals surface area contributed by atoms with Crippen LogP contribution in [0.2, 0.25) is 0 Å². The number of nitrogens with one attached hydrogen (secondary N) is 3. The average molecular weight is 361 g/mol. The van der Waals surface area contributed by atoms with E-state index in [1.54, 1.807) is 6.20 Å². The molecule has 1 saturated heterocycles. The van der Waals surface area contributed by atoms with E-state index in [9.17, 15) is 9.59 Å². The molecule has 0 aromatic carbocycles. The van der Waals surface area contributed by atoms with Crippen LogP contribution >= 0.6 is 0 Å². The van der Waals surface area contributed by atoms with Crippen LogP contribution in [0.5, 0.6) is 0 Å². The molecule has 1 aliphatic carbocycles. The molecule has 3 N–H and O–H groups in total. The number of piperidine rings is 1. The molecule has 1 unspecified atom stereocenters. The Hall–Kier alpha value is -1.89. The van der Waals surface area contributed by atoms with E-state index < -0.39 is 0 Å². The second-order valence-corrected chi connectivity index (χ2v) is 7.59. The molecule has 1 aromatic rings. The highest BCUT2D eigenvalue weighted by Crippen LogP contribution is 2.17. The van der Waals surface area contributed by atoms with Crippen LogP contribution < -0.4 is 16.0 Å². The molecule has 0 radical (unpaired) electrons. The zero-order valence-corrected chi connectivity index (χ0v) is 15.5. The van der Waals surface area contributed by atoms with Gasteiger partial charge in [-0.2, -0.15) is 5.10 Å². The summed E-state index contributed by atoms with van der Waals surface area (Å²) in [5.74, 6) is 0.500. The molecular formula is C19H31N5O2. The van der Waals surface area contributed by atoms with Crippen molar-refractivity contribution in [1.29, 1.82) is 0 Å². The molecule has 2 aliphatic rings. The van der Waals surface area contributed by atoms with Crippen LogP contribution in [0.15, 0.2) is 12.4 Å². The number of hydrogen-bond donors (Lipinski definition) is 3. The van der Waals surface area contributed by atoms with Crippen molar-refractivity contribution in [2.24, 2.45) is 5.92 Å². The minimum absolute atomic E-state index is 0.0308. The number of rotatable bonds is 7. The van der Waals surface area contributed by atoms with Crippen molar-refractivity contribution in [3.63, 3.8) is 0 Å². The predicted molar refractivity (Wildman–Crippen MR) is 99.8 cm³/mol. The van der Waals surface area contributed by atoms with Gasteiger partial charge in [-0.05, 0) is 51.1 Å². The summed E-state index contributed by atoms with van der Waals surface area (Å²) in [5.41, 5.74) is 0.511. The molecule has 1 atom stereocenters. The van der Waals surface area contributed by atoms with E-state index in [0.29, 0.717) is 24.1 Å². The third-order valence-electron chi connectivity index (χ3n) is 5.41. The zero-order chi connectivity index (χ0) is 18.2. The van der Waals surface area contributed by atoms with Crippen LogP contribution in [-0.4, -0.2) is 47.3 Å². The molecule has 26 heavy (non-hydrogen) atoms. The average Bonchev–Trinajstić information content (AvgIpc) is 3.12. The van der Waals surface area contributed by atoms with E-state index in [4.69, 9.17) is 0 Å². The SMILES string of the molecule is O=C(Cn1cc(C(=O)NCCC2CCCNC2)cn1)NC1CCCCC1. The van der Waals surface area contributed by atoms with Gasteiger partial charge in [0.2, 0.25) is 5.91 Å². The Bertz CT molecular complexity index is 589. The smallest absolute Gasteiger partial charge is 0.254 e. The number of hydrogen-bond acceptors (Lipinski definition) is 4. The van der Waals surface area contributed by atoms with Crippen LogP contribution in [-0.2, 0) is 11.3 Å². The maximum Gasteiger partial charge on any atom is 0.254 e. The number of amides is 2. The number of carbonyl (C=O) groups is 2. The van der Waals surface area contributed by atoms with Gasteiger partial charge in [0.1, 0.15) is 6.54 Å². The number of nitrogens with zero attached hydrogens (tertiary/aromatic N) is 2. The minimum Gasteiger partial charge on any atom is -0.352 e. The first kappa shape index (κ1) is 18.9. The Labute approximate surface area is 155 Å². The van der Waals surface area contributed by atoms with Crippen molar-refractivity contribution >= 4 is 11.8 Å². The van der Waals surface area contributed by atoms with Gasteiger partial charge in [-0.25, -0.2) is 0 Å². The maximum atomic E-state index is 12.2. The van der Waals surface area contributed by atoms with E-state index in [-0.39, 0.29) is 18.4 Å². The standard InChI is InChI=1S/C19H31N5O2/c25-18(23-17-6-2-1-3-7-17)14-24-13-16(12-22-24)19(26)21-10-8-15-5-4-9-20-11-15/h12-13,15,17,20H,1-11,14H2,(H,21,26)(H,23,25). The third-order valence-corrected chi connectivity index (χ3v) is 5.41. The monoisotopic (exact) mass is 361 g/mol. The van der Waals surface area contributed by atoms with E-state index in [1.165, 1.54) is 43.0 Å². The Morgan fingerprint density at radius 1 is 1.19 bits per heavy atom. The van der Waals surface area contributed by atoms with Crippen molar-refractivity contribution in [2.45, 2.75) is 64.0 Å². The first-order valence-corrected chi connectivity index (χ1v) is 10.0. The Kier molecular flexibility index (Phi) is 7.05. The van der Waals surface area contributed by atoms with Crippen LogP contribution in [0.4, 0.5) is 0 Å². The summed E-state index contributed by atoms with van der Waals surface area (Å²) in [6, 6.07) is 0.295. The molecule has 1 saturated carbocycles. The molecule has 2 heterocycles. The lowest BCUT2D eigenvalue weighted by atomic mass is 9.95. The van der Waals surface area contributed by atoms with Gasteiger partial charge < -0.3 is 16.0 Å². The van der Waals surface area contributed by atoms with Gasteiger partial charge in [-0.3, -0.25) is 14.3 Å². The quantitative estimate of drug-likeness (QED) is 0.686. The first-order chi connectivity index (χ1) is 12.7. The van der Waals surface area contributed by atoms with Gasteiger partial charge in [-0.1, -0.05) is 19.3 Å². The van der Waals surface area contributed by atoms with Gasteiger partial charge in [0.15, 0.2) is 0 Å². The summed E-state index contributed by atoms with van der Waals surface area (Å²) < 4.78 is 1.54. The Morgan fingerprint density at radius 2 is 2.04 bits per heavy atom. The van der Waals surface area contributed by atoms with Crippen molar-refractivity contribution in [3.8, 4) is 0 Å². The zero-order valence-electron chi connectivity index (χ0n) is 15.5. The summed E-state index contributed by atoms with van der Waals surface area (Å²) in [7, 11) is 0. The normalized spacial score (nSPS) is 21.3. The van der Waals surface area contributed by atoms with Gasteiger partial charge in [0.05, 0.1) is 11.8 Å². The molecule has 7 nitrogen and oxygen atoms in total. The summed E-state index contributed by atoms with van der Waals surface area (Å²) in [4.78, 5) is 24.4. The number of carbonyl (C=O) groups excluding carboxylic acids is 2. The summed E-state index contributed by atoms with van der Waals surface area (Å²) in [6.07, 6.45) is 12.4. The summed E-state index contributed by atoms with van der Waals surface area (Å²) in [6.45, 7) is 3.00. The fourth-order valence-corrected chi connectivity index (χ4v) is 3.90. The van der Waals surface area contributed by atoms with Crippen molar-refractivity contribution < 1.29 is 9.59 Å². The molecule has 3 rings (SSSR count). The van der Waals surface area contributed by atoms with E-state index >= 15 is 0 Å². The van der Waals surface area contributed by atoms with Crippen molar-refractivity contribution in [2.75, 3.05) is 19.6 Å². The van der Waals surface area contributed by atoms with Gasteiger partial charge in [-0.15, -0.1) is 0 Å². The first-order valence-electron chi connectivity index (χ1n) is 10.0. The second-order valence-electron chi connectivity index (χ2n) is 7.59. The molecule has 2 fully saturated rings. The predicted octanol–water partition coefficient (Wildman–Crippen LogP) is 1.45. The highest BCUT2D eigenvalue weighted by Gasteiger charge is 2.17. The topological polar surface area (TPSA) is 88.1 Å². The summed E-state index contributed by atoms with van der Waals surface area (Å²) >= 11 is 0. The molecule has 1 aromatic heterocycles. The molecular weight excluding hydrogens is 330 g/mol. The maximum absolute atomic E-state index is 12.2. The van der Waals surface area contributed by atoms with E-state index in [1.807, 2.05) is 0 Å². The second kappa shape index (κ2) is 9.71. The lowest BCUT2D eigenvalue weighted by Gasteiger charge is -2.22. The Balaban J connectivity index is 1.38. The van der Waals surface area contributed by atoms with Crippen LogP contribution in [0.25, 0.3) is 0 Å². The van der Waals surface area contributed by atoms with E-state index in [2.05, 4.69) is 21.0 Å². The lowest BCUT2D eigenvalue weighted by Crippen LogP contribution is -2.38. The molecule has 2 amide bonds. The van der Waals surface area contributed by atoms with Crippen LogP contribution in [0, 0.1) is 5.92 Å². The lowest BCUT2D eigenvalue weighted by molar-refractivity contribution is -0.122. The van der Waals surface area contributed by atoms with Gasteiger partial charge in [0, 0.05) is 18.8 Å². The highest BCUT2D eigenvalue weighted by atomic mass is 16.2. The van der Waals surface area contributed by atoms with E-state index in [0.717, 1.165) is 32.4 Å². The summed E-state index contributed by atoms with van der Waals surface area (Å²) in [5, 5.41) is 13.6. The van der Waals surface area contributed by atoms with Crippen LogP contribution in [0.1, 0.15) is 61.7 Å². The molecule has 144 valence electrons. The fourth-order valence-electron chi connectivity index (χ4n) is 3.90. The number of aromatic nitrogens is 2. The fraction of sp³-hybridized carbons (Fsp3) is 0.737. The molecule has 7 heteroatoms. The molecule has 0 bridgehead atoms. The molecule has 0 spiro atoms. The third kappa shape index (κ3) is 5.83. The Morgan fingerprint density at radius 3 is 2.81 bits per heavy atom. The van der Waals surface area contributed by atoms with Crippen molar-refractivity contribution in [3.05, 3.63) is 18.0 Å². The molecule has 1 aliphatic heterocycles.